The Morgan fingerprint density at radius 3 is 2.17 bits per heavy atom. The van der Waals surface area contributed by atoms with Crippen LogP contribution in [0.3, 0.4) is 0 Å². The largest absolute Gasteiger partial charge is 0.374 e. The van der Waals surface area contributed by atoms with Crippen molar-refractivity contribution in [3.8, 4) is 0 Å². The van der Waals surface area contributed by atoms with Crippen LogP contribution in [-0.2, 0) is 9.59 Å². The van der Waals surface area contributed by atoms with Crippen LogP contribution in [0, 0.1) is 5.82 Å². The van der Waals surface area contributed by atoms with E-state index in [0.717, 1.165) is 112 Å². The van der Waals surface area contributed by atoms with E-state index < -0.39 is 6.04 Å². The first-order valence-corrected chi connectivity index (χ1v) is 21.0. The number of amides is 2. The Morgan fingerprint density at radius 2 is 1.45 bits per heavy atom. The molecule has 2 amide bonds. The summed E-state index contributed by atoms with van der Waals surface area (Å²) in [6.07, 6.45) is 9.03. The van der Waals surface area contributed by atoms with Crippen LogP contribution < -0.4 is 26.2 Å². The molecular formula is C44H52FN11O2. The summed E-state index contributed by atoms with van der Waals surface area (Å²) in [5, 5.41) is 12.4. The van der Waals surface area contributed by atoms with Gasteiger partial charge in [-0.05, 0) is 105 Å². The highest BCUT2D eigenvalue weighted by molar-refractivity contribution is 6.01. The van der Waals surface area contributed by atoms with Gasteiger partial charge in [0.1, 0.15) is 17.4 Å². The Bertz CT molecular complexity index is 2210. The highest BCUT2D eigenvalue weighted by Gasteiger charge is 2.28. The molecule has 3 saturated heterocycles. The standard InChI is InChI=1S/C44H52FN11O2/c45-37-28-33(47-38-16-17-40(57)51-42(38)58)12-15-36(37)30-18-20-53(21-19-30)22-23-54-24-26-55(27-25-54)34-13-10-32(11-14-34)48-43-46-29-39-41(52-43)56(35-8-4-5-9-35)44(50-39)49-31-6-2-1-3-7-31/h1-3,6-7,10-15,28-30,35,38,47H,4-5,8-9,16-27H2,(H,49,50)(H,46,48,52)(H,51,57,58). The van der Waals surface area contributed by atoms with E-state index in [2.05, 4.69) is 81.9 Å². The monoisotopic (exact) mass is 785 g/mol. The molecule has 58 heavy (non-hydrogen) atoms. The van der Waals surface area contributed by atoms with E-state index in [1.807, 2.05) is 36.5 Å². The van der Waals surface area contributed by atoms with Gasteiger partial charge in [-0.15, -0.1) is 0 Å². The Hall–Kier alpha value is -5.60. The molecule has 0 spiro atoms. The minimum atomic E-state index is -0.524. The molecule has 0 radical (unpaired) electrons. The van der Waals surface area contributed by atoms with Gasteiger partial charge in [-0.3, -0.25) is 24.4 Å². The minimum absolute atomic E-state index is 0.185. The fourth-order valence-corrected chi connectivity index (χ4v) is 9.04. The number of nitrogens with one attached hydrogen (secondary N) is 4. The zero-order chi connectivity index (χ0) is 39.4. The number of fused-ring (bicyclic) bond motifs is 1. The van der Waals surface area contributed by atoms with Gasteiger partial charge in [-0.25, -0.2) is 14.4 Å². The van der Waals surface area contributed by atoms with E-state index >= 15 is 4.39 Å². The number of carbonyl (C=O) groups excluding carboxylic acids is 2. The molecule has 1 unspecified atom stereocenters. The van der Waals surface area contributed by atoms with Crippen LogP contribution in [0.25, 0.3) is 11.2 Å². The number of benzene rings is 3. The quantitative estimate of drug-likeness (QED) is 0.0997. The first kappa shape index (κ1) is 37.9. The van der Waals surface area contributed by atoms with E-state index in [0.29, 0.717) is 24.1 Å². The van der Waals surface area contributed by atoms with Gasteiger partial charge >= 0.3 is 0 Å². The molecule has 2 aromatic heterocycles. The number of imidazole rings is 1. The van der Waals surface area contributed by atoms with Crippen molar-refractivity contribution in [3.05, 3.63) is 90.4 Å². The molecule has 4 aliphatic rings. The molecule has 0 bridgehead atoms. The lowest BCUT2D eigenvalue weighted by Crippen LogP contribution is -2.49. The second-order valence-electron chi connectivity index (χ2n) is 16.1. The number of para-hydroxylation sites is 1. The molecule has 1 aliphatic carbocycles. The zero-order valence-electron chi connectivity index (χ0n) is 32.9. The summed E-state index contributed by atoms with van der Waals surface area (Å²) in [6, 6.07) is 23.8. The third-order valence-electron chi connectivity index (χ3n) is 12.4. The number of likely N-dealkylation sites (tertiary alicyclic amines) is 1. The van der Waals surface area contributed by atoms with Crippen LogP contribution in [0.15, 0.2) is 79.0 Å². The van der Waals surface area contributed by atoms with E-state index in [9.17, 15) is 9.59 Å². The van der Waals surface area contributed by atoms with Gasteiger partial charge in [0.05, 0.1) is 6.20 Å². The number of anilines is 6. The molecule has 5 aromatic rings. The lowest BCUT2D eigenvalue weighted by molar-refractivity contribution is -0.133. The summed E-state index contributed by atoms with van der Waals surface area (Å²) in [6.45, 7) is 7.95. The highest BCUT2D eigenvalue weighted by Crippen LogP contribution is 2.36. The molecule has 9 rings (SSSR count). The van der Waals surface area contributed by atoms with Gasteiger partial charge in [0, 0.05) is 74.5 Å². The van der Waals surface area contributed by atoms with Crippen molar-refractivity contribution < 1.29 is 14.0 Å². The summed E-state index contributed by atoms with van der Waals surface area (Å²) in [5.41, 5.74) is 6.11. The van der Waals surface area contributed by atoms with Gasteiger partial charge in [0.2, 0.25) is 23.7 Å². The Labute approximate surface area is 338 Å². The van der Waals surface area contributed by atoms with Crippen LogP contribution in [0.1, 0.15) is 68.9 Å². The molecule has 13 nitrogen and oxygen atoms in total. The molecule has 3 aromatic carbocycles. The van der Waals surface area contributed by atoms with Gasteiger partial charge in [0.15, 0.2) is 5.65 Å². The third-order valence-corrected chi connectivity index (χ3v) is 12.4. The number of piperazine rings is 1. The van der Waals surface area contributed by atoms with E-state index in [1.54, 1.807) is 0 Å². The second-order valence-corrected chi connectivity index (χ2v) is 16.1. The lowest BCUT2D eigenvalue weighted by atomic mass is 9.89. The Morgan fingerprint density at radius 1 is 0.741 bits per heavy atom. The van der Waals surface area contributed by atoms with Crippen molar-refractivity contribution in [2.75, 3.05) is 73.2 Å². The van der Waals surface area contributed by atoms with Gasteiger partial charge in [-0.2, -0.15) is 4.98 Å². The molecule has 5 heterocycles. The van der Waals surface area contributed by atoms with Crippen molar-refractivity contribution >= 4 is 57.6 Å². The number of nitrogens with zero attached hydrogens (tertiary/aromatic N) is 7. The number of rotatable bonds is 12. The number of imide groups is 1. The summed E-state index contributed by atoms with van der Waals surface area (Å²) in [5.74, 6) is 0.703. The van der Waals surface area contributed by atoms with Crippen LogP contribution in [0.2, 0.25) is 0 Å². The Kier molecular flexibility index (Phi) is 11.2. The molecule has 4 N–H and O–H groups in total. The van der Waals surface area contributed by atoms with Crippen LogP contribution >= 0.6 is 0 Å². The minimum Gasteiger partial charge on any atom is -0.374 e. The van der Waals surface area contributed by atoms with Crippen molar-refractivity contribution in [2.45, 2.75) is 69.4 Å². The van der Waals surface area contributed by atoms with Gasteiger partial charge < -0.3 is 25.8 Å². The molecular weight excluding hydrogens is 734 g/mol. The molecule has 1 atom stereocenters. The predicted octanol–water partition coefficient (Wildman–Crippen LogP) is 6.79. The SMILES string of the molecule is O=C1CCC(Nc2ccc(C3CCN(CCN4CCN(c5ccc(Nc6ncc7nc(Nc8ccccc8)n(C8CCCC8)c7n6)cc5)CC4)CC3)c(F)c2)C(=O)N1. The summed E-state index contributed by atoms with van der Waals surface area (Å²) in [4.78, 5) is 45.6. The number of halogens is 1. The number of piperidine rings is 2. The maximum atomic E-state index is 15.2. The molecule has 1 saturated carbocycles. The van der Waals surface area contributed by atoms with Crippen molar-refractivity contribution in [3.63, 3.8) is 0 Å². The van der Waals surface area contributed by atoms with E-state index in [4.69, 9.17) is 9.97 Å². The van der Waals surface area contributed by atoms with Crippen molar-refractivity contribution in [2.24, 2.45) is 0 Å². The fraction of sp³-hybridized carbons (Fsp3) is 0.432. The van der Waals surface area contributed by atoms with Crippen LogP contribution in [-0.4, -0.2) is 99.5 Å². The lowest BCUT2D eigenvalue weighted by Gasteiger charge is -2.38. The van der Waals surface area contributed by atoms with Crippen LogP contribution in [0.5, 0.6) is 0 Å². The highest BCUT2D eigenvalue weighted by atomic mass is 19.1. The topological polar surface area (TPSA) is 136 Å². The normalized spacial score (nSPS) is 20.1. The first-order valence-electron chi connectivity index (χ1n) is 21.0. The molecule has 302 valence electrons. The van der Waals surface area contributed by atoms with Crippen molar-refractivity contribution in [1.82, 2.24) is 34.6 Å². The predicted molar refractivity (Wildman–Crippen MR) is 226 cm³/mol. The number of hydrogen-bond donors (Lipinski definition) is 4. The average molecular weight is 786 g/mol. The van der Waals surface area contributed by atoms with Gasteiger partial charge in [-0.1, -0.05) is 37.1 Å². The first-order chi connectivity index (χ1) is 28.4. The maximum Gasteiger partial charge on any atom is 0.249 e. The van der Waals surface area contributed by atoms with Gasteiger partial charge in [0.25, 0.3) is 0 Å². The maximum absolute atomic E-state index is 15.2. The fourth-order valence-electron chi connectivity index (χ4n) is 9.04. The molecule has 14 heteroatoms. The number of aromatic nitrogens is 4. The third kappa shape index (κ3) is 8.63. The van der Waals surface area contributed by atoms with E-state index in [-0.39, 0.29) is 30.0 Å². The zero-order valence-corrected chi connectivity index (χ0v) is 32.9. The molecule has 3 aliphatic heterocycles. The molecule has 4 fully saturated rings. The van der Waals surface area contributed by atoms with Crippen molar-refractivity contribution in [1.29, 1.82) is 0 Å². The van der Waals surface area contributed by atoms with Crippen LogP contribution in [0.4, 0.5) is 39.0 Å². The second kappa shape index (κ2) is 17.1. The summed E-state index contributed by atoms with van der Waals surface area (Å²) < 4.78 is 17.5. The number of hydrogen-bond acceptors (Lipinski definition) is 11. The smallest absolute Gasteiger partial charge is 0.249 e. The van der Waals surface area contributed by atoms with E-state index in [1.165, 1.54) is 24.6 Å². The number of carbonyl (C=O) groups is 2. The summed E-state index contributed by atoms with van der Waals surface area (Å²) in [7, 11) is 0. The summed E-state index contributed by atoms with van der Waals surface area (Å²) >= 11 is 0. The average Bonchev–Trinajstić information content (AvgIpc) is 3.90. The Balaban J connectivity index is 0.733.